The first-order valence-electron chi connectivity index (χ1n) is 6.59. The van der Waals surface area contributed by atoms with Crippen LogP contribution in [0.4, 0.5) is 4.39 Å². The predicted molar refractivity (Wildman–Crippen MR) is 81.4 cm³/mol. The normalized spacial score (nSPS) is 16.6. The maximum Gasteiger partial charge on any atom is 0.253 e. The van der Waals surface area contributed by atoms with Gasteiger partial charge in [-0.25, -0.2) is 4.39 Å². The molecular weight excluding hydrogens is 312 g/mol. The Morgan fingerprint density at radius 2 is 1.95 bits per heavy atom. The summed E-state index contributed by atoms with van der Waals surface area (Å²) in [7, 11) is 0. The second-order valence-corrected chi connectivity index (χ2v) is 5.82. The van der Waals surface area contributed by atoms with Crippen LogP contribution in [0.1, 0.15) is 33.9 Å². The summed E-state index contributed by atoms with van der Waals surface area (Å²) >= 11 is 11.6. The van der Waals surface area contributed by atoms with Crippen LogP contribution in [0.25, 0.3) is 0 Å². The SMILES string of the molecule is O=C(N[C@H]1CCc2ccccc21)c1cc(F)c(Cl)cc1Cl. The Bertz CT molecular complexity index is 717. The van der Waals surface area contributed by atoms with E-state index in [1.54, 1.807) is 0 Å². The molecule has 1 N–H and O–H groups in total. The zero-order valence-electron chi connectivity index (χ0n) is 11.0. The van der Waals surface area contributed by atoms with Gasteiger partial charge in [0.2, 0.25) is 0 Å². The van der Waals surface area contributed by atoms with Crippen LogP contribution >= 0.6 is 23.2 Å². The van der Waals surface area contributed by atoms with Crippen molar-refractivity contribution >= 4 is 29.1 Å². The molecular formula is C16H12Cl2FNO. The minimum atomic E-state index is -0.655. The molecule has 0 spiro atoms. The van der Waals surface area contributed by atoms with Gasteiger partial charge in [0.25, 0.3) is 5.91 Å². The van der Waals surface area contributed by atoms with Gasteiger partial charge < -0.3 is 5.32 Å². The van der Waals surface area contributed by atoms with E-state index in [0.717, 1.165) is 24.5 Å². The molecule has 0 fully saturated rings. The summed E-state index contributed by atoms with van der Waals surface area (Å²) in [5, 5.41) is 2.95. The third-order valence-corrected chi connectivity index (χ3v) is 4.30. The Balaban J connectivity index is 1.84. The summed E-state index contributed by atoms with van der Waals surface area (Å²) in [5.74, 6) is -1.05. The Morgan fingerprint density at radius 1 is 1.19 bits per heavy atom. The van der Waals surface area contributed by atoms with Gasteiger partial charge in [0.15, 0.2) is 0 Å². The number of halogens is 3. The molecule has 0 aliphatic heterocycles. The lowest BCUT2D eigenvalue weighted by molar-refractivity contribution is 0.0936. The summed E-state index contributed by atoms with van der Waals surface area (Å²) in [4.78, 5) is 12.3. The molecule has 0 saturated heterocycles. The van der Waals surface area contributed by atoms with Gasteiger partial charge in [-0.05, 0) is 36.1 Å². The van der Waals surface area contributed by atoms with Gasteiger partial charge in [-0.1, -0.05) is 47.5 Å². The second kappa shape index (κ2) is 5.66. The van der Waals surface area contributed by atoms with Gasteiger partial charge in [-0.2, -0.15) is 0 Å². The fraction of sp³-hybridized carbons (Fsp3) is 0.188. The van der Waals surface area contributed by atoms with E-state index in [2.05, 4.69) is 11.4 Å². The molecule has 1 aliphatic rings. The van der Waals surface area contributed by atoms with E-state index in [4.69, 9.17) is 23.2 Å². The quantitative estimate of drug-likeness (QED) is 0.807. The lowest BCUT2D eigenvalue weighted by Crippen LogP contribution is -2.27. The number of nitrogens with one attached hydrogen (secondary N) is 1. The molecule has 0 bridgehead atoms. The highest BCUT2D eigenvalue weighted by atomic mass is 35.5. The topological polar surface area (TPSA) is 29.1 Å². The fourth-order valence-electron chi connectivity index (χ4n) is 2.64. The number of fused-ring (bicyclic) bond motifs is 1. The molecule has 1 atom stereocenters. The van der Waals surface area contributed by atoms with Crippen molar-refractivity contribution in [3.8, 4) is 0 Å². The summed E-state index contributed by atoms with van der Waals surface area (Å²) in [6, 6.07) is 10.2. The molecule has 2 aromatic rings. The van der Waals surface area contributed by atoms with Gasteiger partial charge in [-0.15, -0.1) is 0 Å². The Kier molecular flexibility index (Phi) is 3.87. The third-order valence-electron chi connectivity index (χ3n) is 3.69. The predicted octanol–water partition coefficient (Wildman–Crippen LogP) is 4.55. The average molecular weight is 324 g/mol. The highest BCUT2D eigenvalue weighted by molar-refractivity contribution is 6.36. The van der Waals surface area contributed by atoms with Crippen LogP contribution in [0, 0.1) is 5.82 Å². The van der Waals surface area contributed by atoms with E-state index >= 15 is 0 Å². The average Bonchev–Trinajstić information content (AvgIpc) is 2.86. The van der Waals surface area contributed by atoms with E-state index in [1.807, 2.05) is 18.2 Å². The first-order chi connectivity index (χ1) is 10.1. The number of aryl methyl sites for hydroxylation is 1. The molecule has 0 heterocycles. The Morgan fingerprint density at radius 3 is 2.76 bits per heavy atom. The highest BCUT2D eigenvalue weighted by Gasteiger charge is 2.25. The van der Waals surface area contributed by atoms with E-state index in [9.17, 15) is 9.18 Å². The van der Waals surface area contributed by atoms with Crippen LogP contribution in [-0.2, 0) is 6.42 Å². The molecule has 1 amide bonds. The summed E-state index contributed by atoms with van der Waals surface area (Å²) < 4.78 is 13.5. The van der Waals surface area contributed by atoms with Crippen molar-refractivity contribution in [1.82, 2.24) is 5.32 Å². The van der Waals surface area contributed by atoms with Crippen LogP contribution in [-0.4, -0.2) is 5.91 Å². The molecule has 2 aromatic carbocycles. The van der Waals surface area contributed by atoms with Gasteiger partial charge in [-0.3, -0.25) is 4.79 Å². The van der Waals surface area contributed by atoms with Crippen LogP contribution in [0.3, 0.4) is 0 Å². The molecule has 0 radical (unpaired) electrons. The maximum absolute atomic E-state index is 13.5. The molecule has 1 aliphatic carbocycles. The molecule has 3 rings (SSSR count). The van der Waals surface area contributed by atoms with Gasteiger partial charge in [0.05, 0.1) is 21.7 Å². The van der Waals surface area contributed by atoms with E-state index in [0.29, 0.717) is 0 Å². The van der Waals surface area contributed by atoms with Crippen molar-refractivity contribution in [3.05, 3.63) is 69.0 Å². The minimum Gasteiger partial charge on any atom is -0.345 e. The first-order valence-corrected chi connectivity index (χ1v) is 7.35. The first kappa shape index (κ1) is 14.4. The number of carbonyl (C=O) groups is 1. The minimum absolute atomic E-state index is 0.0662. The van der Waals surface area contributed by atoms with Crippen molar-refractivity contribution < 1.29 is 9.18 Å². The Labute approximate surface area is 131 Å². The van der Waals surface area contributed by atoms with Crippen LogP contribution in [0.15, 0.2) is 36.4 Å². The molecule has 108 valence electrons. The summed E-state index contributed by atoms with van der Waals surface area (Å²) in [5.41, 5.74) is 2.44. The van der Waals surface area contributed by atoms with Crippen molar-refractivity contribution in [2.75, 3.05) is 0 Å². The number of hydrogen-bond acceptors (Lipinski definition) is 1. The van der Waals surface area contributed by atoms with Crippen molar-refractivity contribution in [2.24, 2.45) is 0 Å². The van der Waals surface area contributed by atoms with Crippen molar-refractivity contribution in [3.63, 3.8) is 0 Å². The molecule has 21 heavy (non-hydrogen) atoms. The van der Waals surface area contributed by atoms with Crippen molar-refractivity contribution in [1.29, 1.82) is 0 Å². The molecule has 2 nitrogen and oxygen atoms in total. The molecule has 0 unspecified atom stereocenters. The second-order valence-electron chi connectivity index (χ2n) is 5.01. The number of rotatable bonds is 2. The summed E-state index contributed by atoms with van der Waals surface area (Å²) in [6.07, 6.45) is 1.75. The van der Waals surface area contributed by atoms with E-state index in [1.165, 1.54) is 11.6 Å². The molecule has 5 heteroatoms. The maximum atomic E-state index is 13.5. The van der Waals surface area contributed by atoms with Crippen LogP contribution < -0.4 is 5.32 Å². The number of carbonyl (C=O) groups excluding carboxylic acids is 1. The fourth-order valence-corrected chi connectivity index (χ4v) is 3.11. The molecule has 0 aromatic heterocycles. The lowest BCUT2D eigenvalue weighted by Gasteiger charge is -2.15. The Hall–Kier alpha value is -1.58. The van der Waals surface area contributed by atoms with E-state index in [-0.39, 0.29) is 21.7 Å². The standard InChI is InChI=1S/C16H12Cl2FNO/c17-12-8-13(18)14(19)7-11(12)16(21)20-15-6-5-9-3-1-2-4-10(9)15/h1-4,7-8,15H,5-6H2,(H,20,21)/t15-/m0/s1. The molecule has 0 saturated carbocycles. The number of benzene rings is 2. The van der Waals surface area contributed by atoms with Gasteiger partial charge in [0, 0.05) is 0 Å². The van der Waals surface area contributed by atoms with Gasteiger partial charge >= 0.3 is 0 Å². The smallest absolute Gasteiger partial charge is 0.253 e. The van der Waals surface area contributed by atoms with Crippen LogP contribution in [0.5, 0.6) is 0 Å². The monoisotopic (exact) mass is 323 g/mol. The number of hydrogen-bond donors (Lipinski definition) is 1. The van der Waals surface area contributed by atoms with E-state index < -0.39 is 11.7 Å². The summed E-state index contributed by atoms with van der Waals surface area (Å²) in [6.45, 7) is 0. The largest absolute Gasteiger partial charge is 0.345 e. The zero-order chi connectivity index (χ0) is 15.0. The highest BCUT2D eigenvalue weighted by Crippen LogP contribution is 2.31. The third kappa shape index (κ3) is 2.76. The number of amides is 1. The van der Waals surface area contributed by atoms with Crippen molar-refractivity contribution in [2.45, 2.75) is 18.9 Å². The zero-order valence-corrected chi connectivity index (χ0v) is 12.5. The van der Waals surface area contributed by atoms with Gasteiger partial charge in [0.1, 0.15) is 5.82 Å². The van der Waals surface area contributed by atoms with Crippen LogP contribution in [0.2, 0.25) is 10.0 Å². The lowest BCUT2D eigenvalue weighted by atomic mass is 10.1.